The molecular weight excluding hydrogens is 298 g/mol. The van der Waals surface area contributed by atoms with E-state index in [9.17, 15) is 14.9 Å². The van der Waals surface area contributed by atoms with E-state index >= 15 is 0 Å². The van der Waals surface area contributed by atoms with Crippen molar-refractivity contribution in [1.82, 2.24) is 4.90 Å². The van der Waals surface area contributed by atoms with E-state index < -0.39 is 10.9 Å². The number of rotatable bonds is 5. The normalized spacial score (nSPS) is 15.7. The van der Waals surface area contributed by atoms with Crippen molar-refractivity contribution in [3.63, 3.8) is 0 Å². The van der Waals surface area contributed by atoms with Crippen LogP contribution in [0.25, 0.3) is 0 Å². The molecule has 0 aromatic heterocycles. The van der Waals surface area contributed by atoms with Crippen LogP contribution >= 0.6 is 0 Å². The lowest BCUT2D eigenvalue weighted by Gasteiger charge is -2.36. The number of benzene rings is 1. The second-order valence-electron chi connectivity index (χ2n) is 5.86. The van der Waals surface area contributed by atoms with Gasteiger partial charge in [-0.15, -0.1) is 0 Å². The molecule has 1 saturated heterocycles. The summed E-state index contributed by atoms with van der Waals surface area (Å²) in [6.45, 7) is 3.60. The second-order valence-corrected chi connectivity index (χ2v) is 5.86. The lowest BCUT2D eigenvalue weighted by Crippen LogP contribution is -2.42. The highest BCUT2D eigenvalue weighted by atomic mass is 16.6. The molecule has 0 saturated carbocycles. The maximum atomic E-state index is 12.0. The summed E-state index contributed by atoms with van der Waals surface area (Å²) in [6, 6.07) is 5.22. The summed E-state index contributed by atoms with van der Waals surface area (Å²) in [5.41, 5.74) is 0.635. The fraction of sp³-hybridized carbons (Fsp3) is 0.562. The number of nitrogens with zero attached hydrogens (tertiary/aromatic N) is 3. The van der Waals surface area contributed by atoms with Gasteiger partial charge in [-0.2, -0.15) is 0 Å². The van der Waals surface area contributed by atoms with Gasteiger partial charge in [0.25, 0.3) is 5.69 Å². The summed E-state index contributed by atoms with van der Waals surface area (Å²) >= 11 is 0. The molecule has 7 heteroatoms. The highest BCUT2D eigenvalue weighted by Gasteiger charge is 2.25. The Morgan fingerprint density at radius 2 is 2.04 bits per heavy atom. The maximum absolute atomic E-state index is 12.0. The highest BCUT2D eigenvalue weighted by molar-refractivity contribution is 5.95. The van der Waals surface area contributed by atoms with Crippen LogP contribution in [0, 0.1) is 10.1 Å². The zero-order valence-electron chi connectivity index (χ0n) is 13.8. The van der Waals surface area contributed by atoms with Gasteiger partial charge < -0.3 is 14.5 Å². The van der Waals surface area contributed by atoms with Crippen molar-refractivity contribution in [3.8, 4) is 0 Å². The molecule has 2 rings (SSSR count). The molecule has 0 unspecified atom stereocenters. The Morgan fingerprint density at radius 1 is 1.39 bits per heavy atom. The molecule has 0 atom stereocenters. The molecule has 1 aromatic carbocycles. The summed E-state index contributed by atoms with van der Waals surface area (Å²) < 4.78 is 4.94. The van der Waals surface area contributed by atoms with Crippen molar-refractivity contribution >= 4 is 17.3 Å². The van der Waals surface area contributed by atoms with Crippen molar-refractivity contribution < 1.29 is 14.5 Å². The summed E-state index contributed by atoms with van der Waals surface area (Å²) in [5.74, 6) is -0.649. The fourth-order valence-electron chi connectivity index (χ4n) is 2.89. The Morgan fingerprint density at radius 3 is 2.57 bits per heavy atom. The van der Waals surface area contributed by atoms with Crippen LogP contribution < -0.4 is 4.90 Å². The van der Waals surface area contributed by atoms with E-state index in [4.69, 9.17) is 4.74 Å². The number of nitro groups is 1. The summed E-state index contributed by atoms with van der Waals surface area (Å²) in [6.07, 6.45) is 2.05. The van der Waals surface area contributed by atoms with Crippen LogP contribution in [0.1, 0.15) is 30.1 Å². The van der Waals surface area contributed by atoms with E-state index in [0.29, 0.717) is 6.04 Å². The molecule has 0 aliphatic carbocycles. The standard InChI is InChI=1S/C16H23N3O4/c1-4-23-16(20)14-11-13(5-6-15(14)19(21)22)18-9-7-12(8-10-18)17(2)3/h5-6,11-12H,4,7-10H2,1-3H3. The third-order valence-electron chi connectivity index (χ3n) is 4.23. The molecule has 1 aliphatic heterocycles. The van der Waals surface area contributed by atoms with Gasteiger partial charge >= 0.3 is 5.97 Å². The number of hydrogen-bond donors (Lipinski definition) is 0. The molecule has 1 fully saturated rings. The van der Waals surface area contributed by atoms with Crippen LogP contribution in [0.5, 0.6) is 0 Å². The van der Waals surface area contributed by atoms with Gasteiger partial charge in [0.05, 0.1) is 11.5 Å². The van der Waals surface area contributed by atoms with Crippen LogP contribution in [-0.2, 0) is 4.74 Å². The molecule has 23 heavy (non-hydrogen) atoms. The molecule has 0 radical (unpaired) electrons. The second kappa shape index (κ2) is 7.41. The lowest BCUT2D eigenvalue weighted by atomic mass is 10.0. The molecule has 0 bridgehead atoms. The fourth-order valence-corrected chi connectivity index (χ4v) is 2.89. The summed E-state index contributed by atoms with van der Waals surface area (Å²) in [7, 11) is 4.15. The Hall–Kier alpha value is -2.15. The monoisotopic (exact) mass is 321 g/mol. The molecule has 7 nitrogen and oxygen atoms in total. The summed E-state index contributed by atoms with van der Waals surface area (Å²) in [4.78, 5) is 26.9. The number of nitro benzene ring substituents is 1. The Kier molecular flexibility index (Phi) is 5.54. The third-order valence-corrected chi connectivity index (χ3v) is 4.23. The molecule has 1 aromatic rings. The Balaban J connectivity index is 2.22. The van der Waals surface area contributed by atoms with Gasteiger partial charge in [0, 0.05) is 30.9 Å². The van der Waals surface area contributed by atoms with Crippen LogP contribution in [0.15, 0.2) is 18.2 Å². The third kappa shape index (κ3) is 3.98. The van der Waals surface area contributed by atoms with Crippen molar-refractivity contribution in [2.45, 2.75) is 25.8 Å². The van der Waals surface area contributed by atoms with Crippen molar-refractivity contribution in [3.05, 3.63) is 33.9 Å². The Bertz CT molecular complexity index is 581. The SMILES string of the molecule is CCOC(=O)c1cc(N2CCC(N(C)C)CC2)ccc1[N+](=O)[O-]. The maximum Gasteiger partial charge on any atom is 0.345 e. The quantitative estimate of drug-likeness (QED) is 0.470. The van der Waals surface area contributed by atoms with Crippen LogP contribution in [0.4, 0.5) is 11.4 Å². The molecule has 0 spiro atoms. The number of anilines is 1. The zero-order valence-corrected chi connectivity index (χ0v) is 13.8. The number of ether oxygens (including phenoxy) is 1. The van der Waals surface area contributed by atoms with Gasteiger partial charge in [-0.05, 0) is 46.0 Å². The smallest absolute Gasteiger partial charge is 0.345 e. The van der Waals surface area contributed by atoms with Crippen LogP contribution in [0.3, 0.4) is 0 Å². The first-order valence-electron chi connectivity index (χ1n) is 7.81. The van der Waals surface area contributed by atoms with E-state index in [1.54, 1.807) is 19.1 Å². The first-order valence-corrected chi connectivity index (χ1v) is 7.81. The molecule has 1 heterocycles. The first kappa shape index (κ1) is 17.2. The minimum atomic E-state index is -0.649. The van der Waals surface area contributed by atoms with Gasteiger partial charge in [0.2, 0.25) is 0 Å². The topological polar surface area (TPSA) is 75.9 Å². The molecule has 1 aliphatic rings. The van der Waals surface area contributed by atoms with Gasteiger partial charge in [-0.1, -0.05) is 0 Å². The molecule has 0 N–H and O–H groups in total. The number of esters is 1. The Labute approximate surface area is 136 Å². The lowest BCUT2D eigenvalue weighted by molar-refractivity contribution is -0.385. The number of piperidine rings is 1. The largest absolute Gasteiger partial charge is 0.462 e. The molecule has 0 amide bonds. The molecule has 126 valence electrons. The van der Waals surface area contributed by atoms with Crippen molar-refractivity contribution in [1.29, 1.82) is 0 Å². The van der Waals surface area contributed by atoms with Gasteiger partial charge in [-0.3, -0.25) is 10.1 Å². The van der Waals surface area contributed by atoms with E-state index in [0.717, 1.165) is 31.6 Å². The van der Waals surface area contributed by atoms with Gasteiger partial charge in [0.15, 0.2) is 0 Å². The number of carbonyl (C=O) groups is 1. The predicted molar refractivity (Wildman–Crippen MR) is 88.0 cm³/mol. The molecular formula is C16H23N3O4. The van der Waals surface area contributed by atoms with E-state index in [1.807, 2.05) is 0 Å². The first-order chi connectivity index (χ1) is 10.9. The minimum Gasteiger partial charge on any atom is -0.462 e. The van der Waals surface area contributed by atoms with Crippen LogP contribution in [-0.4, -0.2) is 55.6 Å². The summed E-state index contributed by atoms with van der Waals surface area (Å²) in [5, 5.41) is 11.1. The average molecular weight is 321 g/mol. The van der Waals surface area contributed by atoms with Gasteiger partial charge in [-0.25, -0.2) is 4.79 Å². The average Bonchev–Trinajstić information content (AvgIpc) is 2.54. The van der Waals surface area contributed by atoms with E-state index in [-0.39, 0.29) is 17.9 Å². The van der Waals surface area contributed by atoms with Crippen molar-refractivity contribution in [2.75, 3.05) is 38.7 Å². The van der Waals surface area contributed by atoms with Gasteiger partial charge in [0.1, 0.15) is 5.56 Å². The zero-order chi connectivity index (χ0) is 17.0. The minimum absolute atomic E-state index is 0.0177. The predicted octanol–water partition coefficient (Wildman–Crippen LogP) is 2.30. The van der Waals surface area contributed by atoms with Crippen molar-refractivity contribution in [2.24, 2.45) is 0 Å². The number of hydrogen-bond acceptors (Lipinski definition) is 6. The van der Waals surface area contributed by atoms with E-state index in [2.05, 4.69) is 23.9 Å². The highest BCUT2D eigenvalue weighted by Crippen LogP contribution is 2.28. The van der Waals surface area contributed by atoms with E-state index in [1.165, 1.54) is 6.07 Å². The van der Waals surface area contributed by atoms with Crippen LogP contribution in [0.2, 0.25) is 0 Å². The number of carbonyl (C=O) groups excluding carboxylic acids is 1.